The van der Waals surface area contributed by atoms with Crippen LogP contribution < -0.4 is 10.9 Å². The summed E-state index contributed by atoms with van der Waals surface area (Å²) in [6.07, 6.45) is 4.93. The normalized spacial score (nSPS) is 25.3. The van der Waals surface area contributed by atoms with Crippen molar-refractivity contribution in [3.63, 3.8) is 0 Å². The van der Waals surface area contributed by atoms with E-state index in [1.807, 2.05) is 24.3 Å². The summed E-state index contributed by atoms with van der Waals surface area (Å²) in [5.41, 5.74) is 1.17. The summed E-state index contributed by atoms with van der Waals surface area (Å²) in [6, 6.07) is 7.85. The third kappa shape index (κ3) is 3.27. The molecule has 4 atom stereocenters. The molecule has 0 saturated heterocycles. The summed E-state index contributed by atoms with van der Waals surface area (Å²) in [4.78, 5) is 33.8. The van der Waals surface area contributed by atoms with Gasteiger partial charge in [-0.05, 0) is 56.1 Å². The smallest absolute Gasteiger partial charge is 0.294 e. The zero-order valence-electron chi connectivity index (χ0n) is 17.2. The van der Waals surface area contributed by atoms with E-state index in [0.29, 0.717) is 34.4 Å². The number of benzene rings is 1. The monoisotopic (exact) mass is 423 g/mol. The van der Waals surface area contributed by atoms with Crippen LogP contribution in [0.1, 0.15) is 38.3 Å². The molecule has 1 N–H and O–H groups in total. The quantitative estimate of drug-likeness (QED) is 0.386. The molecule has 0 unspecified atom stereocenters. The van der Waals surface area contributed by atoms with Gasteiger partial charge in [0.25, 0.3) is 5.56 Å². The Kier molecular flexibility index (Phi) is 4.97. The van der Waals surface area contributed by atoms with Crippen LogP contribution in [0.2, 0.25) is 0 Å². The van der Waals surface area contributed by atoms with E-state index in [4.69, 9.17) is 0 Å². The standard InChI is InChI=1S/C22H25N5O2S/c1-3-15-13-8-9-14(10-13)19(15)24-18(28)11-30-22-23-17-7-5-4-6-16(17)20-25-21(29)12(2)26-27(20)22/h4-7,13-15,19H,3,8-11H2,1-2H3,(H,24,28)/t13-,14-,15+,19-/m0/s1. The number of nitrogens with one attached hydrogen (secondary N) is 1. The molecular formula is C22H25N5O2S. The summed E-state index contributed by atoms with van der Waals surface area (Å²) in [5.74, 6) is 2.31. The number of thioether (sulfide) groups is 1. The largest absolute Gasteiger partial charge is 0.352 e. The molecule has 8 heteroatoms. The summed E-state index contributed by atoms with van der Waals surface area (Å²) in [7, 11) is 0. The summed E-state index contributed by atoms with van der Waals surface area (Å²) >= 11 is 1.33. The van der Waals surface area contributed by atoms with E-state index in [1.54, 1.807) is 11.4 Å². The van der Waals surface area contributed by atoms with E-state index >= 15 is 0 Å². The molecule has 2 fully saturated rings. The maximum atomic E-state index is 12.8. The minimum absolute atomic E-state index is 0.0323. The molecule has 2 heterocycles. The fourth-order valence-electron chi connectivity index (χ4n) is 5.36. The van der Waals surface area contributed by atoms with E-state index in [1.165, 1.54) is 31.0 Å². The van der Waals surface area contributed by atoms with Gasteiger partial charge in [0, 0.05) is 11.4 Å². The maximum absolute atomic E-state index is 12.8. The highest BCUT2D eigenvalue weighted by Crippen LogP contribution is 2.49. The van der Waals surface area contributed by atoms with Gasteiger partial charge in [-0.3, -0.25) is 9.59 Å². The Morgan fingerprint density at radius 1 is 1.23 bits per heavy atom. The van der Waals surface area contributed by atoms with Crippen LogP contribution in [0.25, 0.3) is 16.6 Å². The highest BCUT2D eigenvalue weighted by Gasteiger charge is 2.46. The van der Waals surface area contributed by atoms with Crippen LogP contribution >= 0.6 is 11.8 Å². The van der Waals surface area contributed by atoms with Gasteiger partial charge in [-0.2, -0.15) is 14.6 Å². The van der Waals surface area contributed by atoms with Gasteiger partial charge in [0.2, 0.25) is 5.91 Å². The third-order valence-electron chi connectivity index (χ3n) is 6.73. The molecule has 5 rings (SSSR count). The predicted molar refractivity (Wildman–Crippen MR) is 117 cm³/mol. The highest BCUT2D eigenvalue weighted by molar-refractivity contribution is 7.99. The fraction of sp³-hybridized carbons (Fsp3) is 0.500. The van der Waals surface area contributed by atoms with Crippen molar-refractivity contribution in [2.45, 2.75) is 50.7 Å². The number of carbonyl (C=O) groups excluding carboxylic acids is 1. The third-order valence-corrected chi connectivity index (χ3v) is 7.66. The van der Waals surface area contributed by atoms with Gasteiger partial charge in [-0.1, -0.05) is 37.2 Å². The number of nitrogens with zero attached hydrogens (tertiary/aromatic N) is 4. The van der Waals surface area contributed by atoms with E-state index in [9.17, 15) is 9.59 Å². The summed E-state index contributed by atoms with van der Waals surface area (Å²) in [5, 5.41) is 9.03. The van der Waals surface area contributed by atoms with Gasteiger partial charge >= 0.3 is 0 Å². The second-order valence-corrected chi connectivity index (χ2v) is 9.38. The van der Waals surface area contributed by atoms with Gasteiger partial charge in [-0.25, -0.2) is 4.98 Å². The van der Waals surface area contributed by atoms with Crippen molar-refractivity contribution in [2.75, 3.05) is 5.75 Å². The summed E-state index contributed by atoms with van der Waals surface area (Å²) in [6.45, 7) is 3.87. The number of amides is 1. The molecule has 1 aromatic carbocycles. The molecule has 1 amide bonds. The molecule has 2 aliphatic carbocycles. The van der Waals surface area contributed by atoms with E-state index in [0.717, 1.165) is 23.2 Å². The molecule has 156 valence electrons. The SMILES string of the molecule is CC[C@@H]1[C@H]2CC[C@@H](C2)[C@@H]1NC(=O)CSc1nc2ccccc2c2nc(=O)c(C)nn12. The number of aryl methyl sites for hydroxylation is 1. The van der Waals surface area contributed by atoms with Crippen molar-refractivity contribution in [1.29, 1.82) is 0 Å². The number of aromatic nitrogens is 4. The summed E-state index contributed by atoms with van der Waals surface area (Å²) < 4.78 is 1.59. The second-order valence-electron chi connectivity index (χ2n) is 8.44. The number of rotatable bonds is 5. The molecule has 0 radical (unpaired) electrons. The van der Waals surface area contributed by atoms with E-state index < -0.39 is 0 Å². The van der Waals surface area contributed by atoms with Crippen LogP contribution in [0.4, 0.5) is 0 Å². The Morgan fingerprint density at radius 2 is 2.03 bits per heavy atom. The maximum Gasteiger partial charge on any atom is 0.294 e. The first-order chi connectivity index (χ1) is 14.5. The van der Waals surface area contributed by atoms with Crippen LogP contribution in [-0.4, -0.2) is 37.3 Å². The minimum atomic E-state index is -0.345. The van der Waals surface area contributed by atoms with Gasteiger partial charge in [0.15, 0.2) is 10.8 Å². The Labute approximate surface area is 178 Å². The Morgan fingerprint density at radius 3 is 2.87 bits per heavy atom. The number of hydrogen-bond donors (Lipinski definition) is 1. The molecule has 2 aromatic heterocycles. The second kappa shape index (κ2) is 7.65. The van der Waals surface area contributed by atoms with Crippen LogP contribution in [0, 0.1) is 24.7 Å². The molecule has 30 heavy (non-hydrogen) atoms. The van der Waals surface area contributed by atoms with Crippen molar-refractivity contribution in [3.05, 3.63) is 40.3 Å². The number of carbonyl (C=O) groups is 1. The van der Waals surface area contributed by atoms with E-state index in [2.05, 4.69) is 27.3 Å². The zero-order valence-corrected chi connectivity index (χ0v) is 18.0. The molecule has 0 aliphatic heterocycles. The van der Waals surface area contributed by atoms with Gasteiger partial charge in [0.05, 0.1) is 11.3 Å². The Hall–Kier alpha value is -2.48. The van der Waals surface area contributed by atoms with E-state index in [-0.39, 0.29) is 17.2 Å². The molecule has 2 saturated carbocycles. The van der Waals surface area contributed by atoms with Crippen molar-refractivity contribution in [1.82, 2.24) is 24.9 Å². The highest BCUT2D eigenvalue weighted by atomic mass is 32.2. The molecular weight excluding hydrogens is 398 g/mol. The molecule has 3 aromatic rings. The van der Waals surface area contributed by atoms with Crippen LogP contribution in [0.5, 0.6) is 0 Å². The first-order valence-corrected chi connectivity index (χ1v) is 11.6. The lowest BCUT2D eigenvalue weighted by Crippen LogP contribution is -2.44. The molecule has 2 aliphatic rings. The molecule has 0 spiro atoms. The average molecular weight is 424 g/mol. The van der Waals surface area contributed by atoms with Crippen molar-refractivity contribution in [2.24, 2.45) is 17.8 Å². The first kappa shape index (κ1) is 19.5. The molecule has 7 nitrogen and oxygen atoms in total. The lowest BCUT2D eigenvalue weighted by Gasteiger charge is -2.31. The van der Waals surface area contributed by atoms with Gasteiger partial charge in [-0.15, -0.1) is 0 Å². The van der Waals surface area contributed by atoms with Gasteiger partial charge < -0.3 is 5.32 Å². The van der Waals surface area contributed by atoms with Crippen molar-refractivity contribution in [3.8, 4) is 0 Å². The first-order valence-electron chi connectivity index (χ1n) is 10.6. The minimum Gasteiger partial charge on any atom is -0.352 e. The topological polar surface area (TPSA) is 89.2 Å². The average Bonchev–Trinajstić information content (AvgIpc) is 3.35. The van der Waals surface area contributed by atoms with Crippen LogP contribution in [0.3, 0.4) is 0 Å². The van der Waals surface area contributed by atoms with Crippen LogP contribution in [-0.2, 0) is 4.79 Å². The van der Waals surface area contributed by atoms with Crippen molar-refractivity contribution < 1.29 is 4.79 Å². The number of para-hydroxylation sites is 1. The fourth-order valence-corrected chi connectivity index (χ4v) is 6.11. The number of hydrogen-bond acceptors (Lipinski definition) is 6. The predicted octanol–water partition coefficient (Wildman–Crippen LogP) is 2.98. The lowest BCUT2D eigenvalue weighted by atomic mass is 9.83. The van der Waals surface area contributed by atoms with Gasteiger partial charge in [0.1, 0.15) is 5.69 Å². The molecule has 2 bridgehead atoms. The Balaban J connectivity index is 1.40. The zero-order chi connectivity index (χ0) is 20.8. The van der Waals surface area contributed by atoms with Crippen molar-refractivity contribution >= 4 is 34.2 Å². The van der Waals surface area contributed by atoms with Crippen LogP contribution in [0.15, 0.2) is 34.2 Å². The number of fused-ring (bicyclic) bond motifs is 5. The lowest BCUT2D eigenvalue weighted by molar-refractivity contribution is -0.120. The Bertz CT molecular complexity index is 1190.